The van der Waals surface area contributed by atoms with Crippen LogP contribution in [0, 0.1) is 5.82 Å². The summed E-state index contributed by atoms with van der Waals surface area (Å²) in [6.45, 7) is 0. The second-order valence-electron chi connectivity index (χ2n) is 6.81. The maximum Gasteiger partial charge on any atom is 0.138 e. The van der Waals surface area contributed by atoms with E-state index < -0.39 is 0 Å². The second-order valence-corrected chi connectivity index (χ2v) is 6.81. The molecule has 2 heterocycles. The lowest BCUT2D eigenvalue weighted by atomic mass is 9.84. The Bertz CT molecular complexity index is 905. The third-order valence-electron chi connectivity index (χ3n) is 5.16. The van der Waals surface area contributed by atoms with Crippen LogP contribution in [0.5, 0.6) is 5.75 Å². The average molecular weight is 339 g/mol. The van der Waals surface area contributed by atoms with Crippen LogP contribution in [-0.4, -0.2) is 23.1 Å². The minimum Gasteiger partial charge on any atom is -0.496 e. The van der Waals surface area contributed by atoms with Gasteiger partial charge < -0.3 is 15.5 Å². The zero-order valence-corrected chi connectivity index (χ0v) is 14.3. The van der Waals surface area contributed by atoms with Gasteiger partial charge in [0.1, 0.15) is 17.2 Å². The van der Waals surface area contributed by atoms with E-state index in [1.54, 1.807) is 19.4 Å². The first-order valence-corrected chi connectivity index (χ1v) is 8.73. The minimum atomic E-state index is -0.283. The van der Waals surface area contributed by atoms with E-state index in [9.17, 15) is 4.39 Å². The number of benzene rings is 1. The lowest BCUT2D eigenvalue weighted by Crippen LogP contribution is -2.26. The SMILES string of the molecule is COc1ccc(F)cc1-c1ccnc2[nH]c([C@H]3CCC[C@@H](N)C3)cc12. The predicted molar refractivity (Wildman–Crippen MR) is 97.2 cm³/mol. The fourth-order valence-electron chi connectivity index (χ4n) is 3.90. The highest BCUT2D eigenvalue weighted by Gasteiger charge is 2.23. The number of ether oxygens (including phenoxy) is 1. The van der Waals surface area contributed by atoms with Crippen molar-refractivity contribution >= 4 is 11.0 Å². The van der Waals surface area contributed by atoms with Gasteiger partial charge in [-0.05, 0) is 55.2 Å². The molecule has 3 aromatic rings. The van der Waals surface area contributed by atoms with Gasteiger partial charge in [0.05, 0.1) is 7.11 Å². The minimum absolute atomic E-state index is 0.265. The van der Waals surface area contributed by atoms with Crippen molar-refractivity contribution in [3.8, 4) is 16.9 Å². The van der Waals surface area contributed by atoms with Gasteiger partial charge in [-0.2, -0.15) is 0 Å². The normalized spacial score (nSPS) is 20.8. The van der Waals surface area contributed by atoms with Gasteiger partial charge in [-0.3, -0.25) is 0 Å². The molecule has 0 amide bonds. The smallest absolute Gasteiger partial charge is 0.138 e. The maximum absolute atomic E-state index is 13.8. The standard InChI is InChI=1S/C20H22FN3O/c1-25-19-6-5-13(21)10-16(19)15-7-8-23-20-17(15)11-18(24-20)12-3-2-4-14(22)9-12/h5-8,10-12,14H,2-4,9,22H2,1H3,(H,23,24)/t12-,14+/m0/s1. The summed E-state index contributed by atoms with van der Waals surface area (Å²) in [6.07, 6.45) is 6.12. The Hall–Kier alpha value is -2.40. The molecule has 0 aliphatic heterocycles. The second kappa shape index (κ2) is 6.48. The average Bonchev–Trinajstić information content (AvgIpc) is 3.06. The Labute approximate surface area is 146 Å². The molecule has 0 spiro atoms. The molecule has 1 saturated carbocycles. The topological polar surface area (TPSA) is 63.9 Å². The molecular formula is C20H22FN3O. The molecule has 4 rings (SSSR count). The fourth-order valence-corrected chi connectivity index (χ4v) is 3.90. The van der Waals surface area contributed by atoms with Gasteiger partial charge in [0.2, 0.25) is 0 Å². The third-order valence-corrected chi connectivity index (χ3v) is 5.16. The Morgan fingerprint density at radius 2 is 2.08 bits per heavy atom. The van der Waals surface area contributed by atoms with E-state index in [1.165, 1.54) is 17.8 Å². The van der Waals surface area contributed by atoms with Crippen molar-refractivity contribution in [2.45, 2.75) is 37.6 Å². The maximum atomic E-state index is 13.8. The molecule has 130 valence electrons. The van der Waals surface area contributed by atoms with E-state index in [0.29, 0.717) is 11.7 Å². The quantitative estimate of drug-likeness (QED) is 0.745. The Balaban J connectivity index is 1.82. The molecule has 5 heteroatoms. The number of fused-ring (bicyclic) bond motifs is 1. The molecule has 0 bridgehead atoms. The number of nitrogens with two attached hydrogens (primary N) is 1. The van der Waals surface area contributed by atoms with Crippen molar-refractivity contribution in [2.24, 2.45) is 5.73 Å². The van der Waals surface area contributed by atoms with Crippen LogP contribution in [0.2, 0.25) is 0 Å². The van der Waals surface area contributed by atoms with E-state index in [0.717, 1.165) is 47.8 Å². The highest BCUT2D eigenvalue weighted by molar-refractivity contribution is 5.95. The summed E-state index contributed by atoms with van der Waals surface area (Å²) in [5, 5.41) is 0.987. The number of pyridine rings is 1. The Morgan fingerprint density at radius 1 is 1.20 bits per heavy atom. The lowest BCUT2D eigenvalue weighted by Gasteiger charge is -2.25. The number of hydrogen-bond donors (Lipinski definition) is 2. The Kier molecular flexibility index (Phi) is 4.17. The number of aromatic amines is 1. The number of nitrogens with one attached hydrogen (secondary N) is 1. The van der Waals surface area contributed by atoms with Crippen LogP contribution >= 0.6 is 0 Å². The molecule has 0 saturated heterocycles. The third kappa shape index (κ3) is 3.00. The van der Waals surface area contributed by atoms with Gasteiger partial charge >= 0.3 is 0 Å². The van der Waals surface area contributed by atoms with Gasteiger partial charge in [0.15, 0.2) is 0 Å². The van der Waals surface area contributed by atoms with E-state index in [4.69, 9.17) is 10.5 Å². The summed E-state index contributed by atoms with van der Waals surface area (Å²) >= 11 is 0. The highest BCUT2D eigenvalue weighted by atomic mass is 19.1. The van der Waals surface area contributed by atoms with Crippen LogP contribution in [-0.2, 0) is 0 Å². The van der Waals surface area contributed by atoms with Crippen molar-refractivity contribution in [3.63, 3.8) is 0 Å². The van der Waals surface area contributed by atoms with E-state index in [2.05, 4.69) is 16.0 Å². The lowest BCUT2D eigenvalue weighted by molar-refractivity contribution is 0.389. The van der Waals surface area contributed by atoms with E-state index in [1.807, 2.05) is 6.07 Å². The van der Waals surface area contributed by atoms with Crippen molar-refractivity contribution in [3.05, 3.63) is 48.0 Å². The van der Waals surface area contributed by atoms with Crippen LogP contribution in [0.15, 0.2) is 36.5 Å². The molecule has 1 fully saturated rings. The van der Waals surface area contributed by atoms with Crippen molar-refractivity contribution in [1.82, 2.24) is 9.97 Å². The highest BCUT2D eigenvalue weighted by Crippen LogP contribution is 2.38. The molecule has 4 nitrogen and oxygen atoms in total. The van der Waals surface area contributed by atoms with E-state index >= 15 is 0 Å². The molecule has 3 N–H and O–H groups in total. The zero-order chi connectivity index (χ0) is 17.4. The predicted octanol–water partition coefficient (Wildman–Crippen LogP) is 4.36. The summed E-state index contributed by atoms with van der Waals surface area (Å²) in [6, 6.07) is 8.89. The fraction of sp³-hybridized carbons (Fsp3) is 0.350. The molecular weight excluding hydrogens is 317 g/mol. The van der Waals surface area contributed by atoms with Crippen LogP contribution in [0.3, 0.4) is 0 Å². The largest absolute Gasteiger partial charge is 0.496 e. The van der Waals surface area contributed by atoms with Gasteiger partial charge in [0.25, 0.3) is 0 Å². The van der Waals surface area contributed by atoms with Crippen LogP contribution < -0.4 is 10.5 Å². The van der Waals surface area contributed by atoms with E-state index in [-0.39, 0.29) is 11.9 Å². The zero-order valence-electron chi connectivity index (χ0n) is 14.3. The first kappa shape index (κ1) is 16.1. The molecule has 0 unspecified atom stereocenters. The number of aromatic nitrogens is 2. The summed E-state index contributed by atoms with van der Waals surface area (Å²) < 4.78 is 19.2. The monoisotopic (exact) mass is 339 g/mol. The molecule has 1 aliphatic carbocycles. The van der Waals surface area contributed by atoms with Crippen LogP contribution in [0.25, 0.3) is 22.2 Å². The number of halogens is 1. The molecule has 25 heavy (non-hydrogen) atoms. The molecule has 1 aliphatic rings. The van der Waals surface area contributed by atoms with Crippen molar-refractivity contribution < 1.29 is 9.13 Å². The molecule has 0 radical (unpaired) electrons. The van der Waals surface area contributed by atoms with Crippen molar-refractivity contribution in [1.29, 1.82) is 0 Å². The number of methoxy groups -OCH3 is 1. The molecule has 2 atom stereocenters. The number of hydrogen-bond acceptors (Lipinski definition) is 3. The van der Waals surface area contributed by atoms with Gasteiger partial charge in [-0.15, -0.1) is 0 Å². The number of nitrogens with zero attached hydrogens (tertiary/aromatic N) is 1. The summed E-state index contributed by atoms with van der Waals surface area (Å²) in [4.78, 5) is 7.91. The summed E-state index contributed by atoms with van der Waals surface area (Å²) in [5.41, 5.74) is 9.79. The van der Waals surface area contributed by atoms with Crippen molar-refractivity contribution in [2.75, 3.05) is 7.11 Å². The molecule has 2 aromatic heterocycles. The van der Waals surface area contributed by atoms with Gasteiger partial charge in [0, 0.05) is 34.8 Å². The first-order chi connectivity index (χ1) is 12.2. The Morgan fingerprint density at radius 3 is 2.88 bits per heavy atom. The first-order valence-electron chi connectivity index (χ1n) is 8.73. The summed E-state index contributed by atoms with van der Waals surface area (Å²) in [5.74, 6) is 0.798. The molecule has 1 aromatic carbocycles. The van der Waals surface area contributed by atoms with Gasteiger partial charge in [-0.25, -0.2) is 9.37 Å². The summed E-state index contributed by atoms with van der Waals surface area (Å²) in [7, 11) is 1.60. The van der Waals surface area contributed by atoms with Crippen LogP contribution in [0.4, 0.5) is 4.39 Å². The number of H-pyrrole nitrogens is 1. The van der Waals surface area contributed by atoms with Gasteiger partial charge in [-0.1, -0.05) is 6.42 Å². The number of rotatable bonds is 3. The van der Waals surface area contributed by atoms with Crippen LogP contribution in [0.1, 0.15) is 37.3 Å².